The normalized spacial score (nSPS) is 25.0. The standard InChI is InChI=1S/C19H21IN2O/c1-3-12(20)11-22-16-8-9-18(23)17(22)10-14-13-6-4-5-7-15(13)21(2)19(14)16/h3-7,16-17H,8-11H2,1-2H3/b12-3-/t16-,17-/m1/s1. The van der Waals surface area contributed by atoms with E-state index in [0.29, 0.717) is 11.8 Å². The van der Waals surface area contributed by atoms with Crippen molar-refractivity contribution in [2.45, 2.75) is 38.3 Å². The Kier molecular flexibility index (Phi) is 3.84. The molecule has 0 radical (unpaired) electrons. The number of allylic oxidation sites excluding steroid dienone is 1. The fraction of sp³-hybridized carbons (Fsp3) is 0.421. The second-order valence-corrected chi connectivity index (χ2v) is 7.97. The second-order valence-electron chi connectivity index (χ2n) is 6.59. The summed E-state index contributed by atoms with van der Waals surface area (Å²) in [6.07, 6.45) is 4.68. The summed E-state index contributed by atoms with van der Waals surface area (Å²) in [6.45, 7) is 2.96. The smallest absolute Gasteiger partial charge is 0.150 e. The van der Waals surface area contributed by atoms with E-state index >= 15 is 0 Å². The zero-order valence-corrected chi connectivity index (χ0v) is 15.7. The lowest BCUT2D eigenvalue weighted by Gasteiger charge is -2.45. The van der Waals surface area contributed by atoms with Gasteiger partial charge in [-0.25, -0.2) is 0 Å². The maximum Gasteiger partial charge on any atom is 0.150 e. The van der Waals surface area contributed by atoms with Gasteiger partial charge in [-0.05, 0) is 54.0 Å². The zero-order valence-electron chi connectivity index (χ0n) is 13.6. The Labute approximate surface area is 150 Å². The number of fused-ring (bicyclic) bond motifs is 6. The first-order chi connectivity index (χ1) is 11.1. The van der Waals surface area contributed by atoms with E-state index < -0.39 is 0 Å². The van der Waals surface area contributed by atoms with Crippen LogP contribution in [0.1, 0.15) is 37.1 Å². The molecule has 0 unspecified atom stereocenters. The summed E-state index contributed by atoms with van der Waals surface area (Å²) in [5.41, 5.74) is 4.12. The lowest BCUT2D eigenvalue weighted by Crippen LogP contribution is -2.52. The number of carbonyl (C=O) groups excluding carboxylic acids is 1. The van der Waals surface area contributed by atoms with E-state index in [4.69, 9.17) is 0 Å². The SMILES string of the molecule is C/C=C(\I)CN1[C@@H]2Cc3c(n(C)c4ccccc34)[C@H]1CCC2=O. The van der Waals surface area contributed by atoms with Crippen LogP contribution in [0.3, 0.4) is 0 Å². The van der Waals surface area contributed by atoms with Gasteiger partial charge in [0.15, 0.2) is 0 Å². The van der Waals surface area contributed by atoms with Crippen molar-refractivity contribution in [3.63, 3.8) is 0 Å². The van der Waals surface area contributed by atoms with E-state index in [-0.39, 0.29) is 6.04 Å². The van der Waals surface area contributed by atoms with E-state index in [1.54, 1.807) is 0 Å². The highest BCUT2D eigenvalue weighted by molar-refractivity contribution is 14.1. The third-order valence-electron chi connectivity index (χ3n) is 5.46. The number of piperidine rings is 1. The molecule has 1 aromatic heterocycles. The number of ketones is 1. The predicted octanol–water partition coefficient (Wildman–Crippen LogP) is 4.15. The molecule has 120 valence electrons. The molecule has 0 amide bonds. The molecule has 2 bridgehead atoms. The van der Waals surface area contributed by atoms with Gasteiger partial charge in [-0.1, -0.05) is 24.3 Å². The molecular weight excluding hydrogens is 399 g/mol. The van der Waals surface area contributed by atoms with Crippen molar-refractivity contribution >= 4 is 39.3 Å². The summed E-state index contributed by atoms with van der Waals surface area (Å²) in [5.74, 6) is 0.417. The largest absolute Gasteiger partial charge is 0.346 e. The van der Waals surface area contributed by atoms with Crippen molar-refractivity contribution in [1.29, 1.82) is 0 Å². The van der Waals surface area contributed by atoms with Crippen molar-refractivity contribution in [3.05, 3.63) is 45.2 Å². The average Bonchev–Trinajstić information content (AvgIpc) is 2.84. The van der Waals surface area contributed by atoms with Gasteiger partial charge in [0, 0.05) is 40.2 Å². The van der Waals surface area contributed by atoms with Crippen molar-refractivity contribution in [2.24, 2.45) is 7.05 Å². The maximum atomic E-state index is 12.6. The summed E-state index contributed by atoms with van der Waals surface area (Å²) >= 11 is 2.40. The number of aryl methyl sites for hydroxylation is 1. The topological polar surface area (TPSA) is 25.2 Å². The predicted molar refractivity (Wildman–Crippen MR) is 102 cm³/mol. The van der Waals surface area contributed by atoms with Gasteiger partial charge in [0.2, 0.25) is 0 Å². The van der Waals surface area contributed by atoms with E-state index in [2.05, 4.69) is 76.4 Å². The van der Waals surface area contributed by atoms with Crippen LogP contribution in [0, 0.1) is 0 Å². The van der Waals surface area contributed by atoms with Crippen LogP contribution in [0.2, 0.25) is 0 Å². The number of rotatable bonds is 2. The van der Waals surface area contributed by atoms with Crippen molar-refractivity contribution in [2.75, 3.05) is 6.54 Å². The Morgan fingerprint density at radius 3 is 2.91 bits per heavy atom. The molecule has 0 aliphatic carbocycles. The van der Waals surface area contributed by atoms with E-state index in [1.807, 2.05) is 0 Å². The number of hydrogen-bond acceptors (Lipinski definition) is 2. The minimum Gasteiger partial charge on any atom is -0.346 e. The first-order valence-electron chi connectivity index (χ1n) is 8.27. The van der Waals surface area contributed by atoms with Gasteiger partial charge < -0.3 is 4.57 Å². The number of aromatic nitrogens is 1. The number of Topliss-reactive ketones (excluding diaryl/α,β-unsaturated/α-hetero) is 1. The molecule has 1 aromatic carbocycles. The molecule has 2 aliphatic heterocycles. The van der Waals surface area contributed by atoms with E-state index in [1.165, 1.54) is 25.7 Å². The Bertz CT molecular complexity index is 820. The van der Waals surface area contributed by atoms with Gasteiger partial charge in [0.05, 0.1) is 12.1 Å². The number of benzene rings is 1. The van der Waals surface area contributed by atoms with Crippen LogP contribution in [-0.4, -0.2) is 27.8 Å². The van der Waals surface area contributed by atoms with Gasteiger partial charge in [0.25, 0.3) is 0 Å². The molecule has 0 spiro atoms. The summed E-state index contributed by atoms with van der Waals surface area (Å²) in [6, 6.07) is 9.03. The minimum atomic E-state index is 0.0526. The highest BCUT2D eigenvalue weighted by atomic mass is 127. The molecule has 4 rings (SSSR count). The van der Waals surface area contributed by atoms with Crippen LogP contribution in [0.4, 0.5) is 0 Å². The number of para-hydroxylation sites is 1. The molecular formula is C19H21IN2O. The number of nitrogens with zero attached hydrogens (tertiary/aromatic N) is 2. The first kappa shape index (κ1) is 15.4. The third kappa shape index (κ3) is 2.30. The monoisotopic (exact) mass is 420 g/mol. The van der Waals surface area contributed by atoms with Crippen LogP contribution in [-0.2, 0) is 18.3 Å². The minimum absolute atomic E-state index is 0.0526. The molecule has 0 saturated carbocycles. The van der Waals surface area contributed by atoms with Gasteiger partial charge in [-0.3, -0.25) is 9.69 Å². The summed E-state index contributed by atoms with van der Waals surface area (Å²) in [7, 11) is 2.18. The highest BCUT2D eigenvalue weighted by Crippen LogP contribution is 2.44. The summed E-state index contributed by atoms with van der Waals surface area (Å²) in [5, 5.41) is 1.33. The fourth-order valence-electron chi connectivity index (χ4n) is 4.35. The lowest BCUT2D eigenvalue weighted by molar-refractivity contribution is -0.129. The molecule has 2 aliphatic rings. The fourth-order valence-corrected chi connectivity index (χ4v) is 4.74. The average molecular weight is 420 g/mol. The zero-order chi connectivity index (χ0) is 16.1. The molecule has 3 heterocycles. The van der Waals surface area contributed by atoms with Crippen molar-refractivity contribution in [1.82, 2.24) is 9.47 Å². The molecule has 1 saturated heterocycles. The molecule has 2 aromatic rings. The van der Waals surface area contributed by atoms with E-state index in [9.17, 15) is 4.79 Å². The maximum absolute atomic E-state index is 12.6. The Morgan fingerprint density at radius 1 is 1.35 bits per heavy atom. The third-order valence-corrected chi connectivity index (χ3v) is 6.42. The van der Waals surface area contributed by atoms with Crippen LogP contribution < -0.4 is 0 Å². The molecule has 1 fully saturated rings. The van der Waals surface area contributed by atoms with Crippen LogP contribution in [0.5, 0.6) is 0 Å². The Hall–Kier alpha value is -1.14. The lowest BCUT2D eigenvalue weighted by atomic mass is 9.81. The first-order valence-corrected chi connectivity index (χ1v) is 9.35. The molecule has 3 nitrogen and oxygen atoms in total. The number of halogens is 1. The van der Waals surface area contributed by atoms with Crippen LogP contribution >= 0.6 is 22.6 Å². The Morgan fingerprint density at radius 2 is 2.13 bits per heavy atom. The molecule has 0 N–H and O–H groups in total. The van der Waals surface area contributed by atoms with Gasteiger partial charge >= 0.3 is 0 Å². The second kappa shape index (κ2) is 5.74. The van der Waals surface area contributed by atoms with Crippen molar-refractivity contribution in [3.8, 4) is 0 Å². The quantitative estimate of drug-likeness (QED) is 0.683. The molecule has 23 heavy (non-hydrogen) atoms. The van der Waals surface area contributed by atoms with Crippen LogP contribution in [0.25, 0.3) is 10.9 Å². The number of carbonyl (C=O) groups is 1. The summed E-state index contributed by atoms with van der Waals surface area (Å²) < 4.78 is 3.67. The van der Waals surface area contributed by atoms with Gasteiger partial charge in [-0.2, -0.15) is 0 Å². The van der Waals surface area contributed by atoms with E-state index in [0.717, 1.165) is 25.8 Å². The van der Waals surface area contributed by atoms with Crippen LogP contribution in [0.15, 0.2) is 33.9 Å². The Balaban J connectivity index is 1.89. The summed E-state index contributed by atoms with van der Waals surface area (Å²) in [4.78, 5) is 15.0. The number of hydrogen-bond donors (Lipinski definition) is 0. The van der Waals surface area contributed by atoms with Gasteiger partial charge in [-0.15, -0.1) is 0 Å². The molecule has 4 heteroatoms. The van der Waals surface area contributed by atoms with Crippen molar-refractivity contribution < 1.29 is 4.79 Å². The van der Waals surface area contributed by atoms with Gasteiger partial charge in [0.1, 0.15) is 5.78 Å². The molecule has 2 atom stereocenters. The highest BCUT2D eigenvalue weighted by Gasteiger charge is 2.43.